The fraction of sp³-hybridized carbons (Fsp3) is 0.333. The number of aryl methyl sites for hydroxylation is 1. The maximum Gasteiger partial charge on any atom is 0.359 e. The Kier molecular flexibility index (Phi) is 8.44. The van der Waals surface area contributed by atoms with Crippen molar-refractivity contribution >= 4 is 40.1 Å². The number of amides is 1. The van der Waals surface area contributed by atoms with Crippen molar-refractivity contribution in [2.24, 2.45) is 0 Å². The lowest BCUT2D eigenvalue weighted by Crippen LogP contribution is -2.28. The zero-order chi connectivity index (χ0) is 22.9. The number of carbonyl (C=O) groups is 2. The lowest BCUT2D eigenvalue weighted by atomic mass is 10.1. The second-order valence-corrected chi connectivity index (χ2v) is 8.22. The number of benzene rings is 2. The van der Waals surface area contributed by atoms with E-state index in [0.717, 1.165) is 30.6 Å². The third kappa shape index (κ3) is 5.97. The fourth-order valence-corrected chi connectivity index (χ4v) is 3.78. The van der Waals surface area contributed by atoms with Gasteiger partial charge in [0.25, 0.3) is 11.5 Å². The molecular formula is C24H27N3O4S. The van der Waals surface area contributed by atoms with E-state index in [1.54, 1.807) is 42.1 Å². The second-order valence-electron chi connectivity index (χ2n) is 7.34. The Morgan fingerprint density at radius 3 is 2.59 bits per heavy atom. The summed E-state index contributed by atoms with van der Waals surface area (Å²) in [5.74, 6) is -1.19. The highest BCUT2D eigenvalue weighted by molar-refractivity contribution is 7.98. The molecule has 3 rings (SSSR count). The molecule has 0 aliphatic rings. The number of thioether (sulfide) groups is 1. The Morgan fingerprint density at radius 1 is 1.06 bits per heavy atom. The van der Waals surface area contributed by atoms with Gasteiger partial charge in [0.15, 0.2) is 12.3 Å². The molecule has 0 saturated heterocycles. The Bertz CT molecular complexity index is 1160. The molecule has 0 aliphatic carbocycles. The summed E-state index contributed by atoms with van der Waals surface area (Å²) in [6, 6.07) is 14.2. The molecule has 32 heavy (non-hydrogen) atoms. The molecule has 0 radical (unpaired) electrons. The number of anilines is 1. The van der Waals surface area contributed by atoms with Gasteiger partial charge in [-0.25, -0.2) is 9.48 Å². The summed E-state index contributed by atoms with van der Waals surface area (Å²) in [5.41, 5.74) is 0.426. The van der Waals surface area contributed by atoms with Crippen molar-refractivity contribution in [3.8, 4) is 0 Å². The summed E-state index contributed by atoms with van der Waals surface area (Å²) in [4.78, 5) is 38.8. The molecule has 0 fully saturated rings. The average molecular weight is 454 g/mol. The van der Waals surface area contributed by atoms with Gasteiger partial charge in [0.1, 0.15) is 0 Å². The SMILES string of the molecule is CCCCCCn1nc(C(=O)OCC(=O)Nc2cccc(SC)c2)c2ccccc2c1=O. The van der Waals surface area contributed by atoms with Gasteiger partial charge in [-0.1, -0.05) is 50.5 Å². The van der Waals surface area contributed by atoms with E-state index in [1.807, 2.05) is 24.5 Å². The Labute approximate surface area is 191 Å². The molecule has 1 N–H and O–H groups in total. The fourth-order valence-electron chi connectivity index (χ4n) is 3.32. The molecule has 1 amide bonds. The molecule has 8 heteroatoms. The van der Waals surface area contributed by atoms with Gasteiger partial charge >= 0.3 is 5.97 Å². The largest absolute Gasteiger partial charge is 0.451 e. The Balaban J connectivity index is 1.74. The molecule has 1 heterocycles. The summed E-state index contributed by atoms with van der Waals surface area (Å²) < 4.78 is 6.55. The van der Waals surface area contributed by atoms with Gasteiger partial charge in [0, 0.05) is 22.5 Å². The summed E-state index contributed by atoms with van der Waals surface area (Å²) in [6.45, 7) is 2.09. The van der Waals surface area contributed by atoms with Crippen LogP contribution in [0.15, 0.2) is 58.2 Å². The first-order chi connectivity index (χ1) is 15.5. The number of aromatic nitrogens is 2. The maximum absolute atomic E-state index is 12.8. The lowest BCUT2D eigenvalue weighted by Gasteiger charge is -2.11. The smallest absolute Gasteiger partial charge is 0.359 e. The molecule has 1 aromatic heterocycles. The van der Waals surface area contributed by atoms with Gasteiger partial charge in [-0.15, -0.1) is 11.8 Å². The first-order valence-electron chi connectivity index (χ1n) is 10.6. The topological polar surface area (TPSA) is 90.3 Å². The van der Waals surface area contributed by atoms with Crippen LogP contribution in [0.4, 0.5) is 5.69 Å². The van der Waals surface area contributed by atoms with Crippen molar-refractivity contribution in [2.45, 2.75) is 44.0 Å². The van der Waals surface area contributed by atoms with Crippen LogP contribution < -0.4 is 10.9 Å². The number of ether oxygens (including phenoxy) is 1. The minimum Gasteiger partial charge on any atom is -0.451 e. The van der Waals surface area contributed by atoms with Crippen LogP contribution in [-0.2, 0) is 16.1 Å². The highest BCUT2D eigenvalue weighted by atomic mass is 32.2. The van der Waals surface area contributed by atoms with Gasteiger partial charge in [0.2, 0.25) is 0 Å². The van der Waals surface area contributed by atoms with Crippen LogP contribution in [0, 0.1) is 0 Å². The molecule has 2 aromatic carbocycles. The van der Waals surface area contributed by atoms with Crippen LogP contribution in [0.25, 0.3) is 10.8 Å². The predicted octanol–water partition coefficient (Wildman–Crippen LogP) is 4.49. The van der Waals surface area contributed by atoms with Crippen molar-refractivity contribution in [3.05, 3.63) is 64.6 Å². The van der Waals surface area contributed by atoms with Crippen LogP contribution in [0.1, 0.15) is 43.1 Å². The van der Waals surface area contributed by atoms with E-state index in [2.05, 4.69) is 17.3 Å². The van der Waals surface area contributed by atoms with E-state index >= 15 is 0 Å². The first-order valence-corrected chi connectivity index (χ1v) is 11.9. The van der Waals surface area contributed by atoms with Crippen molar-refractivity contribution in [2.75, 3.05) is 18.2 Å². The van der Waals surface area contributed by atoms with Crippen LogP contribution in [0.2, 0.25) is 0 Å². The van der Waals surface area contributed by atoms with Crippen LogP contribution in [0.5, 0.6) is 0 Å². The van der Waals surface area contributed by atoms with Crippen molar-refractivity contribution in [1.29, 1.82) is 0 Å². The number of unbranched alkanes of at least 4 members (excludes halogenated alkanes) is 3. The Morgan fingerprint density at radius 2 is 1.84 bits per heavy atom. The second kappa shape index (κ2) is 11.5. The van der Waals surface area contributed by atoms with Crippen LogP contribution in [-0.4, -0.2) is 34.5 Å². The molecule has 0 saturated carbocycles. The maximum atomic E-state index is 12.8. The number of nitrogens with one attached hydrogen (secondary N) is 1. The zero-order valence-electron chi connectivity index (χ0n) is 18.3. The van der Waals surface area contributed by atoms with E-state index in [9.17, 15) is 14.4 Å². The minimum absolute atomic E-state index is 0.0351. The summed E-state index contributed by atoms with van der Waals surface area (Å²) in [7, 11) is 0. The monoisotopic (exact) mass is 453 g/mol. The van der Waals surface area contributed by atoms with Crippen LogP contribution >= 0.6 is 11.8 Å². The first kappa shape index (κ1) is 23.5. The third-order valence-electron chi connectivity index (χ3n) is 4.97. The van der Waals surface area contributed by atoms with Crippen molar-refractivity contribution < 1.29 is 14.3 Å². The third-order valence-corrected chi connectivity index (χ3v) is 5.70. The standard InChI is InChI=1S/C24H27N3O4S/c1-3-4-5-8-14-27-23(29)20-13-7-6-12-19(20)22(26-27)24(30)31-16-21(28)25-17-10-9-11-18(15-17)32-2/h6-7,9-13,15H,3-5,8,14,16H2,1-2H3,(H,25,28). The van der Waals surface area contributed by atoms with Gasteiger partial charge in [-0.05, 0) is 36.9 Å². The molecule has 168 valence electrons. The molecule has 0 aliphatic heterocycles. The van der Waals surface area contributed by atoms with Crippen molar-refractivity contribution in [3.63, 3.8) is 0 Å². The van der Waals surface area contributed by atoms with E-state index in [1.165, 1.54) is 4.68 Å². The normalized spacial score (nSPS) is 10.8. The number of rotatable bonds is 10. The van der Waals surface area contributed by atoms with E-state index in [-0.39, 0.29) is 11.3 Å². The highest BCUT2D eigenvalue weighted by Gasteiger charge is 2.19. The average Bonchev–Trinajstić information content (AvgIpc) is 2.81. The summed E-state index contributed by atoms with van der Waals surface area (Å²) in [6.07, 6.45) is 5.89. The zero-order valence-corrected chi connectivity index (χ0v) is 19.1. The molecule has 0 bridgehead atoms. The van der Waals surface area contributed by atoms with Gasteiger partial charge < -0.3 is 10.1 Å². The molecule has 0 atom stereocenters. The van der Waals surface area contributed by atoms with Gasteiger partial charge in [0.05, 0.1) is 5.39 Å². The number of carbonyl (C=O) groups excluding carboxylic acids is 2. The number of nitrogens with zero attached hydrogens (tertiary/aromatic N) is 2. The molecular weight excluding hydrogens is 426 g/mol. The predicted molar refractivity (Wildman–Crippen MR) is 127 cm³/mol. The molecule has 0 spiro atoms. The quantitative estimate of drug-likeness (QED) is 0.276. The van der Waals surface area contributed by atoms with Crippen LogP contribution in [0.3, 0.4) is 0 Å². The molecule has 3 aromatic rings. The van der Waals surface area contributed by atoms with E-state index < -0.39 is 18.5 Å². The number of fused-ring (bicyclic) bond motifs is 1. The number of esters is 1. The van der Waals surface area contributed by atoms with Gasteiger partial charge in [-0.2, -0.15) is 5.10 Å². The van der Waals surface area contributed by atoms with Gasteiger partial charge in [-0.3, -0.25) is 9.59 Å². The summed E-state index contributed by atoms with van der Waals surface area (Å²) >= 11 is 1.56. The number of hydrogen-bond acceptors (Lipinski definition) is 6. The van der Waals surface area contributed by atoms with E-state index in [4.69, 9.17) is 4.74 Å². The number of hydrogen-bond donors (Lipinski definition) is 1. The van der Waals surface area contributed by atoms with Crippen molar-refractivity contribution in [1.82, 2.24) is 9.78 Å². The Hall–Kier alpha value is -3.13. The molecule has 7 nitrogen and oxygen atoms in total. The highest BCUT2D eigenvalue weighted by Crippen LogP contribution is 2.19. The summed E-state index contributed by atoms with van der Waals surface area (Å²) in [5, 5.41) is 7.82. The lowest BCUT2D eigenvalue weighted by molar-refractivity contribution is -0.119. The molecule has 0 unspecified atom stereocenters. The minimum atomic E-state index is -0.739. The van der Waals surface area contributed by atoms with E-state index in [0.29, 0.717) is 23.0 Å².